The van der Waals surface area contributed by atoms with Gasteiger partial charge < -0.3 is 5.32 Å². The van der Waals surface area contributed by atoms with Crippen molar-refractivity contribution < 1.29 is 18.0 Å². The van der Waals surface area contributed by atoms with Crippen LogP contribution in [-0.2, 0) is 11.0 Å². The molecule has 0 atom stereocenters. The Morgan fingerprint density at radius 2 is 1.92 bits per heavy atom. The van der Waals surface area contributed by atoms with Crippen LogP contribution < -0.4 is 5.32 Å². The van der Waals surface area contributed by atoms with Gasteiger partial charge in [-0.25, -0.2) is 4.99 Å². The molecule has 1 aliphatic rings. The van der Waals surface area contributed by atoms with Crippen molar-refractivity contribution in [2.75, 3.05) is 5.32 Å². The third-order valence-electron chi connectivity index (χ3n) is 3.60. The van der Waals surface area contributed by atoms with Crippen molar-refractivity contribution in [3.05, 3.63) is 56.5 Å². The molecule has 2 aromatic carbocycles. The van der Waals surface area contributed by atoms with Gasteiger partial charge in [0, 0.05) is 10.0 Å². The Hall–Kier alpha value is -1.86. The number of rotatable bonds is 1. The maximum atomic E-state index is 13.1. The Morgan fingerprint density at radius 1 is 1.25 bits per heavy atom. The standard InChI is InChI=1S/C16H9BrClF3N2O/c1-7-12(18)10(17)6-8-13(7)23-15(24)14(8)22-11-5-3-2-4-9(11)16(19,20)21/h2-6H,1H3,(H,22,23,24). The van der Waals surface area contributed by atoms with Crippen molar-refractivity contribution in [2.45, 2.75) is 13.1 Å². The van der Waals surface area contributed by atoms with Gasteiger partial charge in [-0.2, -0.15) is 13.2 Å². The molecule has 1 heterocycles. The molecule has 0 spiro atoms. The zero-order chi connectivity index (χ0) is 17.6. The molecule has 1 amide bonds. The molecule has 2 aromatic rings. The van der Waals surface area contributed by atoms with Crippen molar-refractivity contribution in [1.29, 1.82) is 0 Å². The number of nitrogens with one attached hydrogen (secondary N) is 1. The third-order valence-corrected chi connectivity index (χ3v) is 4.95. The maximum absolute atomic E-state index is 13.1. The van der Waals surface area contributed by atoms with Crippen LogP contribution >= 0.6 is 27.5 Å². The summed E-state index contributed by atoms with van der Waals surface area (Å²) in [5.74, 6) is -0.570. The van der Waals surface area contributed by atoms with Gasteiger partial charge in [0.05, 0.1) is 22.0 Å². The molecule has 0 unspecified atom stereocenters. The van der Waals surface area contributed by atoms with Crippen molar-refractivity contribution in [3.8, 4) is 0 Å². The number of benzene rings is 2. The summed E-state index contributed by atoms with van der Waals surface area (Å²) in [4.78, 5) is 16.2. The lowest BCUT2D eigenvalue weighted by atomic mass is 10.1. The van der Waals surface area contributed by atoms with E-state index in [1.165, 1.54) is 18.2 Å². The molecule has 3 rings (SSSR count). The zero-order valence-corrected chi connectivity index (χ0v) is 14.5. The van der Waals surface area contributed by atoms with E-state index in [9.17, 15) is 18.0 Å². The van der Waals surface area contributed by atoms with Crippen LogP contribution in [0.5, 0.6) is 0 Å². The van der Waals surface area contributed by atoms with Gasteiger partial charge in [0.2, 0.25) is 0 Å². The van der Waals surface area contributed by atoms with Crippen LogP contribution in [0, 0.1) is 6.92 Å². The fourth-order valence-electron chi connectivity index (χ4n) is 2.44. The van der Waals surface area contributed by atoms with E-state index >= 15 is 0 Å². The fourth-order valence-corrected chi connectivity index (χ4v) is 3.11. The average Bonchev–Trinajstić information content (AvgIpc) is 2.81. The second-order valence-corrected chi connectivity index (χ2v) is 6.38. The molecule has 0 saturated carbocycles. The Kier molecular flexibility index (Phi) is 4.17. The summed E-state index contributed by atoms with van der Waals surface area (Å²) in [6.45, 7) is 1.71. The Balaban J connectivity index is 2.21. The van der Waals surface area contributed by atoms with E-state index in [0.717, 1.165) is 6.07 Å². The van der Waals surface area contributed by atoms with Crippen molar-refractivity contribution in [1.82, 2.24) is 0 Å². The van der Waals surface area contributed by atoms with E-state index in [1.807, 2.05) is 0 Å². The number of nitrogens with zero attached hydrogens (tertiary/aromatic N) is 1. The lowest BCUT2D eigenvalue weighted by Crippen LogP contribution is -2.14. The predicted octanol–water partition coefficient (Wildman–Crippen LogP) is 5.50. The highest BCUT2D eigenvalue weighted by atomic mass is 79.9. The molecule has 0 bridgehead atoms. The molecule has 24 heavy (non-hydrogen) atoms. The Morgan fingerprint density at radius 3 is 2.58 bits per heavy atom. The van der Waals surface area contributed by atoms with Crippen LogP contribution in [0.1, 0.15) is 16.7 Å². The van der Waals surface area contributed by atoms with Gasteiger partial charge in [-0.3, -0.25) is 4.79 Å². The zero-order valence-electron chi connectivity index (χ0n) is 12.1. The summed E-state index contributed by atoms with van der Waals surface area (Å²) < 4.78 is 39.8. The van der Waals surface area contributed by atoms with E-state index in [0.29, 0.717) is 26.3 Å². The lowest BCUT2D eigenvalue weighted by molar-refractivity contribution is -0.137. The van der Waals surface area contributed by atoms with Crippen molar-refractivity contribution >= 4 is 50.5 Å². The first-order valence-corrected chi connectivity index (χ1v) is 7.92. The predicted molar refractivity (Wildman–Crippen MR) is 90.2 cm³/mol. The Labute approximate surface area is 148 Å². The summed E-state index contributed by atoms with van der Waals surface area (Å²) in [6, 6.07) is 6.42. The van der Waals surface area contributed by atoms with Gasteiger partial charge in [0.1, 0.15) is 5.71 Å². The Bertz CT molecular complexity index is 894. The quantitative estimate of drug-likeness (QED) is 0.654. The summed E-state index contributed by atoms with van der Waals surface area (Å²) in [5.41, 5.74) is 0.184. The van der Waals surface area contributed by atoms with E-state index in [4.69, 9.17) is 11.6 Å². The minimum absolute atomic E-state index is 0.0813. The van der Waals surface area contributed by atoms with Gasteiger partial charge in [-0.05, 0) is 46.6 Å². The number of alkyl halides is 3. The van der Waals surface area contributed by atoms with Crippen LogP contribution in [0.2, 0.25) is 5.02 Å². The van der Waals surface area contributed by atoms with Crippen molar-refractivity contribution in [3.63, 3.8) is 0 Å². The number of hydrogen-bond acceptors (Lipinski definition) is 2. The van der Waals surface area contributed by atoms with Crippen LogP contribution in [0.3, 0.4) is 0 Å². The molecule has 1 N–H and O–H groups in total. The first kappa shape index (κ1) is 17.0. The fraction of sp³-hybridized carbons (Fsp3) is 0.125. The monoisotopic (exact) mass is 416 g/mol. The highest BCUT2D eigenvalue weighted by molar-refractivity contribution is 9.10. The summed E-state index contributed by atoms with van der Waals surface area (Å²) in [6.07, 6.45) is -4.56. The molecule has 8 heteroatoms. The first-order valence-electron chi connectivity index (χ1n) is 6.75. The molecular formula is C16H9BrClF3N2O. The second-order valence-electron chi connectivity index (χ2n) is 5.15. The number of aliphatic imine (C=N–C) groups is 1. The number of anilines is 1. The molecule has 0 fully saturated rings. The van der Waals surface area contributed by atoms with Crippen LogP contribution in [0.25, 0.3) is 0 Å². The highest BCUT2D eigenvalue weighted by Gasteiger charge is 2.35. The number of carbonyl (C=O) groups excluding carboxylic acids is 1. The van der Waals surface area contributed by atoms with E-state index in [2.05, 4.69) is 26.2 Å². The number of fused-ring (bicyclic) bond motifs is 1. The second kappa shape index (κ2) is 5.89. The molecule has 3 nitrogen and oxygen atoms in total. The molecule has 0 radical (unpaired) electrons. The number of hydrogen-bond donors (Lipinski definition) is 1. The smallest absolute Gasteiger partial charge is 0.320 e. The topological polar surface area (TPSA) is 41.5 Å². The average molecular weight is 418 g/mol. The first-order chi connectivity index (χ1) is 11.2. The molecule has 0 saturated heterocycles. The molecule has 0 aliphatic carbocycles. The minimum Gasteiger partial charge on any atom is -0.320 e. The van der Waals surface area contributed by atoms with Gasteiger partial charge >= 0.3 is 6.18 Å². The van der Waals surface area contributed by atoms with Gasteiger partial charge in [0.25, 0.3) is 5.91 Å². The summed E-state index contributed by atoms with van der Waals surface area (Å²) >= 11 is 9.39. The summed E-state index contributed by atoms with van der Waals surface area (Å²) in [5, 5.41) is 3.03. The molecule has 124 valence electrons. The number of halogens is 5. The summed E-state index contributed by atoms with van der Waals surface area (Å²) in [7, 11) is 0. The van der Waals surface area contributed by atoms with E-state index < -0.39 is 17.6 Å². The lowest BCUT2D eigenvalue weighted by Gasteiger charge is -2.10. The van der Waals surface area contributed by atoms with Crippen LogP contribution in [-0.4, -0.2) is 11.6 Å². The van der Waals surface area contributed by atoms with Gasteiger partial charge in [-0.1, -0.05) is 23.7 Å². The number of carbonyl (C=O) groups is 1. The molecule has 1 aliphatic heterocycles. The SMILES string of the molecule is Cc1c(Cl)c(Br)cc2c1NC(=O)C2=Nc1ccccc1C(F)(F)F. The molecule has 0 aromatic heterocycles. The van der Waals surface area contributed by atoms with Crippen LogP contribution in [0.4, 0.5) is 24.5 Å². The van der Waals surface area contributed by atoms with Gasteiger partial charge in [0.15, 0.2) is 0 Å². The van der Waals surface area contributed by atoms with Crippen LogP contribution in [0.15, 0.2) is 39.8 Å². The number of amides is 1. The number of para-hydroxylation sites is 1. The maximum Gasteiger partial charge on any atom is 0.418 e. The largest absolute Gasteiger partial charge is 0.418 e. The highest BCUT2D eigenvalue weighted by Crippen LogP contribution is 2.40. The minimum atomic E-state index is -4.56. The van der Waals surface area contributed by atoms with Crippen molar-refractivity contribution in [2.24, 2.45) is 4.99 Å². The van der Waals surface area contributed by atoms with E-state index in [-0.39, 0.29) is 11.4 Å². The molecular weight excluding hydrogens is 409 g/mol. The van der Waals surface area contributed by atoms with E-state index in [1.54, 1.807) is 13.0 Å². The third kappa shape index (κ3) is 2.82. The normalized spacial score (nSPS) is 15.6. The van der Waals surface area contributed by atoms with Gasteiger partial charge in [-0.15, -0.1) is 0 Å².